The van der Waals surface area contributed by atoms with Gasteiger partial charge in [0.1, 0.15) is 12.3 Å². The Hall–Kier alpha value is -2.94. The number of nitrogens with zero attached hydrogens (tertiary/aromatic N) is 2. The van der Waals surface area contributed by atoms with Crippen molar-refractivity contribution in [1.82, 2.24) is 4.98 Å². The lowest BCUT2D eigenvalue weighted by molar-refractivity contribution is -0.135. The van der Waals surface area contributed by atoms with Crippen molar-refractivity contribution < 1.29 is 23.9 Å². The molecule has 0 aliphatic rings. The molecule has 1 aromatic carbocycles. The van der Waals surface area contributed by atoms with E-state index in [1.807, 2.05) is 0 Å². The Bertz CT molecular complexity index is 745. The van der Waals surface area contributed by atoms with Gasteiger partial charge in [-0.15, -0.1) is 11.3 Å². The molecule has 0 atom stereocenters. The van der Waals surface area contributed by atoms with E-state index in [0.717, 1.165) is 0 Å². The number of hydrogen-bond donors (Lipinski definition) is 1. The molecule has 0 spiro atoms. The first-order chi connectivity index (χ1) is 12.1. The summed E-state index contributed by atoms with van der Waals surface area (Å²) in [6.07, 6.45) is 0. The molecule has 0 radical (unpaired) electrons. The number of carbonyl (C=O) groups is 2. The average Bonchev–Trinajstić information content (AvgIpc) is 3.04. The van der Waals surface area contributed by atoms with Crippen LogP contribution < -0.4 is 5.73 Å². The molecule has 0 amide bonds. The minimum absolute atomic E-state index is 0.0213. The molecule has 0 saturated carbocycles. The fraction of sp³-hybridized carbons (Fsp3) is 0.250. The Morgan fingerprint density at radius 1 is 1.20 bits per heavy atom. The minimum Gasteiger partial charge on any atom is -0.461 e. The third kappa shape index (κ3) is 5.57. The summed E-state index contributed by atoms with van der Waals surface area (Å²) in [6.45, 7) is 1.81. The van der Waals surface area contributed by atoms with Crippen molar-refractivity contribution in [3.05, 3.63) is 47.0 Å². The summed E-state index contributed by atoms with van der Waals surface area (Å²) in [5.74, 6) is -1.14. The second kappa shape index (κ2) is 9.38. The summed E-state index contributed by atoms with van der Waals surface area (Å²) in [6, 6.07) is 8.57. The molecule has 1 heterocycles. The smallest absolute Gasteiger partial charge is 0.362 e. The van der Waals surface area contributed by atoms with Gasteiger partial charge in [-0.2, -0.15) is 0 Å². The predicted octanol–water partition coefficient (Wildman–Crippen LogP) is 1.87. The van der Waals surface area contributed by atoms with Crippen molar-refractivity contribution in [2.24, 2.45) is 5.16 Å². The topological polar surface area (TPSA) is 113 Å². The fourth-order valence-electron chi connectivity index (χ4n) is 1.72. The summed E-state index contributed by atoms with van der Waals surface area (Å²) in [5, 5.41) is 5.60. The number of rotatable bonds is 8. The fourth-order valence-corrected chi connectivity index (χ4v) is 2.27. The summed E-state index contributed by atoms with van der Waals surface area (Å²) in [7, 11) is 0. The maximum absolute atomic E-state index is 11.9. The van der Waals surface area contributed by atoms with Gasteiger partial charge >= 0.3 is 11.9 Å². The van der Waals surface area contributed by atoms with Gasteiger partial charge in [0.05, 0.1) is 12.2 Å². The van der Waals surface area contributed by atoms with Gasteiger partial charge in [-0.25, -0.2) is 14.6 Å². The van der Waals surface area contributed by atoms with Crippen LogP contribution in [0.1, 0.15) is 23.0 Å². The largest absolute Gasteiger partial charge is 0.461 e. The van der Waals surface area contributed by atoms with Crippen LogP contribution in [0, 0.1) is 0 Å². The van der Waals surface area contributed by atoms with Crippen LogP contribution in [0.5, 0.6) is 0 Å². The number of hydrogen-bond acceptors (Lipinski definition) is 9. The molecule has 0 aliphatic heterocycles. The van der Waals surface area contributed by atoms with Crippen LogP contribution in [0.2, 0.25) is 0 Å². The zero-order chi connectivity index (χ0) is 18.1. The Kier molecular flexibility index (Phi) is 6.90. The molecule has 2 N–H and O–H groups in total. The van der Waals surface area contributed by atoms with Crippen LogP contribution in [0.4, 0.5) is 5.13 Å². The highest BCUT2D eigenvalue weighted by atomic mass is 32.1. The number of aromatic nitrogens is 1. The van der Waals surface area contributed by atoms with E-state index in [2.05, 4.69) is 10.1 Å². The van der Waals surface area contributed by atoms with Crippen molar-refractivity contribution in [3.63, 3.8) is 0 Å². The molecule has 132 valence electrons. The number of oxime groups is 1. The molecule has 8 nitrogen and oxygen atoms in total. The predicted molar refractivity (Wildman–Crippen MR) is 92.4 cm³/mol. The van der Waals surface area contributed by atoms with E-state index < -0.39 is 11.9 Å². The molecule has 25 heavy (non-hydrogen) atoms. The standard InChI is InChI=1S/C16H17N3O5S/c1-2-22-15(21)13(12-10-25-16(17)18-12)19-24-9-8-23-14(20)11-6-4-3-5-7-11/h3-7,10H,2,8-9H2,1H3,(H2,17,18)/b19-13-. The first kappa shape index (κ1) is 18.4. The Labute approximate surface area is 148 Å². The molecule has 0 unspecified atom stereocenters. The van der Waals surface area contributed by atoms with Gasteiger partial charge in [-0.3, -0.25) is 0 Å². The van der Waals surface area contributed by atoms with Gasteiger partial charge in [0.2, 0.25) is 5.71 Å². The van der Waals surface area contributed by atoms with Gasteiger partial charge in [0, 0.05) is 5.38 Å². The quantitative estimate of drug-likeness (QED) is 0.330. The average molecular weight is 363 g/mol. The molecule has 2 aromatic rings. The summed E-state index contributed by atoms with van der Waals surface area (Å²) >= 11 is 1.17. The third-order valence-corrected chi connectivity index (χ3v) is 3.48. The highest BCUT2D eigenvalue weighted by Crippen LogP contribution is 2.13. The van der Waals surface area contributed by atoms with E-state index in [1.165, 1.54) is 11.3 Å². The molecule has 0 aliphatic carbocycles. The van der Waals surface area contributed by atoms with E-state index >= 15 is 0 Å². The number of benzene rings is 1. The van der Waals surface area contributed by atoms with Crippen LogP contribution in [0.3, 0.4) is 0 Å². The maximum Gasteiger partial charge on any atom is 0.362 e. The number of ether oxygens (including phenoxy) is 2. The zero-order valence-corrected chi connectivity index (χ0v) is 14.3. The minimum atomic E-state index is -0.672. The van der Waals surface area contributed by atoms with Crippen LogP contribution in [0.15, 0.2) is 40.9 Å². The van der Waals surface area contributed by atoms with Gasteiger partial charge in [-0.05, 0) is 19.1 Å². The molecular weight excluding hydrogens is 346 g/mol. The monoisotopic (exact) mass is 363 g/mol. The van der Waals surface area contributed by atoms with Crippen LogP contribution >= 0.6 is 11.3 Å². The molecule has 0 saturated heterocycles. The lowest BCUT2D eigenvalue weighted by Crippen LogP contribution is -2.20. The number of nitrogen functional groups attached to an aromatic ring is 1. The number of esters is 2. The Morgan fingerprint density at radius 2 is 1.96 bits per heavy atom. The van der Waals surface area contributed by atoms with Crippen LogP contribution in [0.25, 0.3) is 0 Å². The second-order valence-corrected chi connectivity index (χ2v) is 5.46. The van der Waals surface area contributed by atoms with E-state index in [9.17, 15) is 9.59 Å². The summed E-state index contributed by atoms with van der Waals surface area (Å²) < 4.78 is 9.95. The number of nitrogens with two attached hydrogens (primary N) is 1. The van der Waals surface area contributed by atoms with Crippen molar-refractivity contribution in [2.45, 2.75) is 6.92 Å². The lowest BCUT2D eigenvalue weighted by Gasteiger charge is -2.05. The number of thiazole rings is 1. The molecule has 0 fully saturated rings. The molecule has 2 rings (SSSR count). The Morgan fingerprint density at radius 3 is 2.60 bits per heavy atom. The van der Waals surface area contributed by atoms with E-state index in [4.69, 9.17) is 20.0 Å². The van der Waals surface area contributed by atoms with Crippen molar-refractivity contribution in [1.29, 1.82) is 0 Å². The highest BCUT2D eigenvalue weighted by Gasteiger charge is 2.19. The van der Waals surface area contributed by atoms with Gasteiger partial charge in [-0.1, -0.05) is 23.4 Å². The van der Waals surface area contributed by atoms with Gasteiger partial charge in [0.25, 0.3) is 0 Å². The normalized spacial score (nSPS) is 11.0. The van der Waals surface area contributed by atoms with Gasteiger partial charge < -0.3 is 20.0 Å². The molecule has 9 heteroatoms. The SMILES string of the molecule is CCOC(=O)/C(=N\OCCOC(=O)c1ccccc1)c1csc(N)n1. The molecular formula is C16H17N3O5S. The summed E-state index contributed by atoms with van der Waals surface area (Å²) in [4.78, 5) is 32.7. The lowest BCUT2D eigenvalue weighted by atomic mass is 10.2. The van der Waals surface area contributed by atoms with Crippen molar-refractivity contribution in [3.8, 4) is 0 Å². The van der Waals surface area contributed by atoms with Crippen LogP contribution in [-0.2, 0) is 19.1 Å². The van der Waals surface area contributed by atoms with E-state index in [1.54, 1.807) is 42.6 Å². The maximum atomic E-state index is 11.9. The van der Waals surface area contributed by atoms with E-state index in [-0.39, 0.29) is 31.2 Å². The highest BCUT2D eigenvalue weighted by molar-refractivity contribution is 7.13. The van der Waals surface area contributed by atoms with Crippen molar-refractivity contribution >= 4 is 34.1 Å². The van der Waals surface area contributed by atoms with Crippen LogP contribution in [-0.4, -0.2) is 42.5 Å². The van der Waals surface area contributed by atoms with Gasteiger partial charge in [0.15, 0.2) is 11.7 Å². The second-order valence-electron chi connectivity index (χ2n) is 4.57. The first-order valence-corrected chi connectivity index (χ1v) is 8.30. The first-order valence-electron chi connectivity index (χ1n) is 7.42. The zero-order valence-electron chi connectivity index (χ0n) is 13.5. The number of anilines is 1. The number of carbonyl (C=O) groups excluding carboxylic acids is 2. The third-order valence-electron chi connectivity index (χ3n) is 2.81. The van der Waals surface area contributed by atoms with E-state index in [0.29, 0.717) is 10.7 Å². The summed E-state index contributed by atoms with van der Waals surface area (Å²) in [5.41, 5.74) is 6.17. The molecule has 1 aromatic heterocycles. The Balaban J connectivity index is 1.88. The van der Waals surface area contributed by atoms with Crippen molar-refractivity contribution in [2.75, 3.05) is 25.6 Å². The molecule has 0 bridgehead atoms.